The van der Waals surface area contributed by atoms with Crippen molar-refractivity contribution in [3.63, 3.8) is 0 Å². The molecule has 0 N–H and O–H groups in total. The molecule has 0 radical (unpaired) electrons. The fraction of sp³-hybridized carbons (Fsp3) is 0.111. The lowest BCUT2D eigenvalue weighted by atomic mass is 10.2. The normalized spacial score (nSPS) is 11.4. The molecule has 0 unspecified atom stereocenters. The van der Waals surface area contributed by atoms with Gasteiger partial charge >= 0.3 is 6.18 Å². The van der Waals surface area contributed by atoms with Gasteiger partial charge in [0.15, 0.2) is 22.4 Å². The zero-order valence-electron chi connectivity index (χ0n) is 13.5. The molecule has 3 aromatic rings. The van der Waals surface area contributed by atoms with Crippen LogP contribution in [0.25, 0.3) is 0 Å². The Balaban J connectivity index is 1.87. The summed E-state index contributed by atoms with van der Waals surface area (Å²) in [7, 11) is 0. The van der Waals surface area contributed by atoms with Gasteiger partial charge in [0.05, 0.1) is 0 Å². The van der Waals surface area contributed by atoms with E-state index >= 15 is 0 Å². The van der Waals surface area contributed by atoms with Crippen LogP contribution >= 0.6 is 23.4 Å². The first-order chi connectivity index (χ1) is 12.8. The van der Waals surface area contributed by atoms with Crippen LogP contribution in [0.5, 0.6) is 11.6 Å². The van der Waals surface area contributed by atoms with E-state index in [2.05, 4.69) is 9.97 Å². The molecule has 9 heteroatoms. The maximum Gasteiger partial charge on any atom is 0.433 e. The fourth-order valence-corrected chi connectivity index (χ4v) is 3.09. The molecular weight excluding hydrogens is 404 g/mol. The van der Waals surface area contributed by atoms with Crippen molar-refractivity contribution in [1.82, 2.24) is 9.97 Å². The topological polar surface area (TPSA) is 35.0 Å². The molecule has 140 valence electrons. The number of rotatable bonds is 5. The lowest BCUT2D eigenvalue weighted by Gasteiger charge is -2.11. The monoisotopic (exact) mass is 414 g/mol. The highest BCUT2D eigenvalue weighted by Gasteiger charge is 2.34. The lowest BCUT2D eigenvalue weighted by Crippen LogP contribution is -2.10. The van der Waals surface area contributed by atoms with Crippen molar-refractivity contribution in [3.05, 3.63) is 76.7 Å². The predicted octanol–water partition coefficient (Wildman–Crippen LogP) is 6.37. The highest BCUT2D eigenvalue weighted by molar-refractivity contribution is 7.98. The standard InChI is InChI=1S/C18H11ClF4N2OS/c19-12-5-3-4-11(8-12)10-27-17-24-15(18(21,22)23)9-16(25-17)26-14-7-2-1-6-13(14)20/h1-9H,10H2. The summed E-state index contributed by atoms with van der Waals surface area (Å²) in [4.78, 5) is 7.48. The minimum absolute atomic E-state index is 0.142. The second-order valence-corrected chi connectivity index (χ2v) is 6.70. The van der Waals surface area contributed by atoms with Gasteiger partial charge in [0, 0.05) is 16.8 Å². The highest BCUT2D eigenvalue weighted by atomic mass is 35.5. The summed E-state index contributed by atoms with van der Waals surface area (Å²) in [6.07, 6.45) is -4.69. The molecule has 0 saturated carbocycles. The molecule has 3 rings (SSSR count). The number of aromatic nitrogens is 2. The molecule has 0 aliphatic rings. The lowest BCUT2D eigenvalue weighted by molar-refractivity contribution is -0.141. The van der Waals surface area contributed by atoms with Crippen LogP contribution in [-0.2, 0) is 11.9 Å². The minimum Gasteiger partial charge on any atom is -0.436 e. The highest BCUT2D eigenvalue weighted by Crippen LogP contribution is 2.33. The third kappa shape index (κ3) is 5.33. The van der Waals surface area contributed by atoms with E-state index in [1.165, 1.54) is 18.2 Å². The fourth-order valence-electron chi connectivity index (χ4n) is 2.08. The Labute approximate surface area is 161 Å². The number of hydrogen-bond acceptors (Lipinski definition) is 4. The Bertz CT molecular complexity index is 953. The van der Waals surface area contributed by atoms with Crippen LogP contribution in [0, 0.1) is 5.82 Å². The second kappa shape index (κ2) is 8.14. The van der Waals surface area contributed by atoms with Crippen LogP contribution in [0.1, 0.15) is 11.3 Å². The third-order valence-corrected chi connectivity index (χ3v) is 4.43. The summed E-state index contributed by atoms with van der Waals surface area (Å²) >= 11 is 6.88. The van der Waals surface area contributed by atoms with Crippen LogP contribution in [0.15, 0.2) is 59.8 Å². The summed E-state index contributed by atoms with van der Waals surface area (Å²) in [5.74, 6) is -1.02. The number of thioether (sulfide) groups is 1. The van der Waals surface area contributed by atoms with E-state index in [-0.39, 0.29) is 10.9 Å². The Morgan fingerprint density at radius 2 is 1.78 bits per heavy atom. The quantitative estimate of drug-likeness (QED) is 0.276. The first-order valence-corrected chi connectivity index (χ1v) is 8.93. The van der Waals surface area contributed by atoms with Gasteiger partial charge in [-0.1, -0.05) is 47.6 Å². The molecule has 0 fully saturated rings. The molecule has 0 atom stereocenters. The van der Waals surface area contributed by atoms with Gasteiger partial charge in [0.1, 0.15) is 0 Å². The van der Waals surface area contributed by atoms with Gasteiger partial charge in [0.2, 0.25) is 5.88 Å². The van der Waals surface area contributed by atoms with Gasteiger partial charge in [-0.05, 0) is 29.8 Å². The first-order valence-electron chi connectivity index (χ1n) is 7.57. The number of para-hydroxylation sites is 1. The SMILES string of the molecule is Fc1ccccc1Oc1cc(C(F)(F)F)nc(SCc2cccc(Cl)c2)n1. The van der Waals surface area contributed by atoms with Crippen molar-refractivity contribution < 1.29 is 22.3 Å². The summed E-state index contributed by atoms with van der Waals surface area (Å²) in [5.41, 5.74) is -0.373. The number of halogens is 5. The van der Waals surface area contributed by atoms with Crippen LogP contribution in [0.2, 0.25) is 5.02 Å². The molecule has 27 heavy (non-hydrogen) atoms. The molecule has 0 amide bonds. The molecule has 0 bridgehead atoms. The van der Waals surface area contributed by atoms with Crippen LogP contribution in [0.4, 0.5) is 17.6 Å². The Morgan fingerprint density at radius 3 is 2.48 bits per heavy atom. The van der Waals surface area contributed by atoms with Gasteiger partial charge in [-0.25, -0.2) is 9.37 Å². The molecule has 1 heterocycles. The van der Waals surface area contributed by atoms with Crippen LogP contribution in [0.3, 0.4) is 0 Å². The van der Waals surface area contributed by atoms with Crippen molar-refractivity contribution in [2.45, 2.75) is 17.1 Å². The molecule has 0 aliphatic heterocycles. The summed E-state index contributed by atoms with van der Waals surface area (Å²) in [6.45, 7) is 0. The van der Waals surface area contributed by atoms with Gasteiger partial charge < -0.3 is 4.74 Å². The Morgan fingerprint density at radius 1 is 1.00 bits per heavy atom. The van der Waals surface area contributed by atoms with Crippen LogP contribution in [-0.4, -0.2) is 9.97 Å². The molecule has 0 saturated heterocycles. The zero-order valence-corrected chi connectivity index (χ0v) is 15.1. The predicted molar refractivity (Wildman–Crippen MR) is 94.5 cm³/mol. The molecule has 1 aromatic heterocycles. The summed E-state index contributed by atoms with van der Waals surface area (Å²) < 4.78 is 58.3. The minimum atomic E-state index is -4.69. The van der Waals surface area contributed by atoms with E-state index in [4.69, 9.17) is 16.3 Å². The van der Waals surface area contributed by atoms with Gasteiger partial charge in [0.25, 0.3) is 0 Å². The molecule has 0 spiro atoms. The van der Waals surface area contributed by atoms with Crippen molar-refractivity contribution in [3.8, 4) is 11.6 Å². The van der Waals surface area contributed by atoms with Crippen molar-refractivity contribution in [1.29, 1.82) is 0 Å². The molecule has 3 nitrogen and oxygen atoms in total. The van der Waals surface area contributed by atoms with E-state index in [1.807, 2.05) is 0 Å². The van der Waals surface area contributed by atoms with Gasteiger partial charge in [-0.3, -0.25) is 0 Å². The van der Waals surface area contributed by atoms with E-state index in [0.717, 1.165) is 23.4 Å². The number of nitrogens with zero attached hydrogens (tertiary/aromatic N) is 2. The zero-order chi connectivity index (χ0) is 19.4. The number of alkyl halides is 3. The molecule has 2 aromatic carbocycles. The molecular formula is C18H11ClF4N2OS. The average Bonchev–Trinajstić information content (AvgIpc) is 2.61. The van der Waals surface area contributed by atoms with Crippen molar-refractivity contribution >= 4 is 23.4 Å². The first kappa shape index (κ1) is 19.4. The van der Waals surface area contributed by atoms with Crippen molar-refractivity contribution in [2.24, 2.45) is 0 Å². The number of ether oxygens (including phenoxy) is 1. The van der Waals surface area contributed by atoms with E-state index < -0.39 is 23.6 Å². The van der Waals surface area contributed by atoms with Gasteiger partial charge in [-0.2, -0.15) is 18.2 Å². The molecule has 0 aliphatic carbocycles. The number of benzene rings is 2. The maximum absolute atomic E-state index is 13.7. The van der Waals surface area contributed by atoms with E-state index in [1.54, 1.807) is 24.3 Å². The second-order valence-electron chi connectivity index (χ2n) is 5.32. The Kier molecular flexibility index (Phi) is 5.86. The summed E-state index contributed by atoms with van der Waals surface area (Å²) in [5, 5.41) is 0.373. The van der Waals surface area contributed by atoms with E-state index in [9.17, 15) is 17.6 Å². The number of hydrogen-bond donors (Lipinski definition) is 0. The Hall–Kier alpha value is -2.32. The van der Waals surface area contributed by atoms with Crippen molar-refractivity contribution in [2.75, 3.05) is 0 Å². The largest absolute Gasteiger partial charge is 0.436 e. The maximum atomic E-state index is 13.7. The van der Waals surface area contributed by atoms with E-state index in [0.29, 0.717) is 16.8 Å². The van der Waals surface area contributed by atoms with Crippen LogP contribution < -0.4 is 4.74 Å². The average molecular weight is 415 g/mol. The van der Waals surface area contributed by atoms with Gasteiger partial charge in [-0.15, -0.1) is 0 Å². The smallest absolute Gasteiger partial charge is 0.433 e. The summed E-state index contributed by atoms with van der Waals surface area (Å²) in [6, 6.07) is 12.9. The third-order valence-electron chi connectivity index (χ3n) is 3.28.